The molecule has 0 unspecified atom stereocenters. The summed E-state index contributed by atoms with van der Waals surface area (Å²) in [6.45, 7) is 0. The van der Waals surface area contributed by atoms with Crippen LogP contribution in [0.25, 0.3) is 33.2 Å². The zero-order valence-electron chi connectivity index (χ0n) is 18.2. The van der Waals surface area contributed by atoms with Crippen LogP contribution in [0.2, 0.25) is 0 Å². The number of phenolic OH excluding ortho intramolecular Hbond substituents is 1. The summed E-state index contributed by atoms with van der Waals surface area (Å²) in [6, 6.07) is 25.1. The van der Waals surface area contributed by atoms with E-state index in [0.717, 1.165) is 3.97 Å². The molecular weight excluding hydrogens is 462 g/mol. The summed E-state index contributed by atoms with van der Waals surface area (Å²) in [7, 11) is -4.18. The summed E-state index contributed by atoms with van der Waals surface area (Å²) in [5.74, 6) is -1.86. The van der Waals surface area contributed by atoms with Gasteiger partial charge in [0.2, 0.25) is 11.6 Å². The molecule has 5 aromatic rings. The molecular formula is C28H17NO5S. The van der Waals surface area contributed by atoms with Gasteiger partial charge < -0.3 is 5.11 Å². The van der Waals surface area contributed by atoms with Crippen molar-refractivity contribution in [2.24, 2.45) is 0 Å². The van der Waals surface area contributed by atoms with Crippen LogP contribution in [-0.2, 0) is 10.0 Å². The minimum absolute atomic E-state index is 0.0172. The largest absolute Gasteiger partial charge is 0.507 e. The lowest BCUT2D eigenvalue weighted by atomic mass is 9.83. The van der Waals surface area contributed by atoms with Crippen LogP contribution in [-0.4, -0.2) is 29.1 Å². The van der Waals surface area contributed by atoms with Gasteiger partial charge in [0.25, 0.3) is 10.0 Å². The van der Waals surface area contributed by atoms with Crippen molar-refractivity contribution in [3.8, 4) is 28.1 Å². The van der Waals surface area contributed by atoms with Gasteiger partial charge in [-0.15, -0.1) is 0 Å². The van der Waals surface area contributed by atoms with Crippen molar-refractivity contribution in [2.75, 3.05) is 0 Å². The number of phenols is 1. The molecule has 1 aromatic heterocycles. The summed E-state index contributed by atoms with van der Waals surface area (Å²) < 4.78 is 28.6. The summed E-state index contributed by atoms with van der Waals surface area (Å²) in [4.78, 5) is 26.7. The Labute approximate surface area is 200 Å². The number of fused-ring (bicyclic) bond motifs is 4. The van der Waals surface area contributed by atoms with Gasteiger partial charge in [0, 0.05) is 22.7 Å². The number of carbonyl (C=O) groups is 2. The SMILES string of the molecule is O=C1C(=O)c2c(-c3ccccc3)cn(S(=O)(=O)c3ccccc3)c2-c2c1cc1ccccc1c2O. The highest BCUT2D eigenvalue weighted by Gasteiger charge is 2.40. The number of carbonyl (C=O) groups excluding carboxylic acids is 2. The third kappa shape index (κ3) is 2.98. The van der Waals surface area contributed by atoms with Gasteiger partial charge >= 0.3 is 0 Å². The predicted molar refractivity (Wildman–Crippen MR) is 132 cm³/mol. The Hall–Kier alpha value is -4.49. The standard InChI is InChI=1S/C28H17NO5S/c30-26-20-14-8-7-11-18(20)15-21-23(26)25-24(28(32)27(21)31)22(17-9-3-1-4-10-17)16-29(25)35(33,34)19-12-5-2-6-13-19/h1-16,30H. The molecule has 0 bridgehead atoms. The zero-order chi connectivity index (χ0) is 24.3. The maximum absolute atomic E-state index is 13.8. The quantitative estimate of drug-likeness (QED) is 0.355. The van der Waals surface area contributed by atoms with Crippen LogP contribution in [0.15, 0.2) is 102 Å². The number of Topliss-reactive ketones (excluding diaryl/α,β-unsaturated/α-hetero) is 2. The molecule has 0 amide bonds. The number of ketones is 2. The van der Waals surface area contributed by atoms with Crippen molar-refractivity contribution < 1.29 is 23.1 Å². The van der Waals surface area contributed by atoms with Gasteiger partial charge in [-0.2, -0.15) is 0 Å². The summed E-state index contributed by atoms with van der Waals surface area (Å²) in [5, 5.41) is 12.3. The highest BCUT2D eigenvalue weighted by Crippen LogP contribution is 2.48. The lowest BCUT2D eigenvalue weighted by Crippen LogP contribution is -2.24. The van der Waals surface area contributed by atoms with E-state index in [4.69, 9.17) is 0 Å². The fourth-order valence-corrected chi connectivity index (χ4v) is 6.06. The first-order valence-corrected chi connectivity index (χ1v) is 12.3. The van der Waals surface area contributed by atoms with E-state index >= 15 is 0 Å². The molecule has 0 aliphatic heterocycles. The maximum Gasteiger partial charge on any atom is 0.268 e. The second-order valence-electron chi connectivity index (χ2n) is 8.27. The van der Waals surface area contributed by atoms with E-state index in [1.165, 1.54) is 24.4 Å². The first-order valence-electron chi connectivity index (χ1n) is 10.8. The number of benzene rings is 4. The molecule has 0 fully saturated rings. The van der Waals surface area contributed by atoms with E-state index in [-0.39, 0.29) is 33.0 Å². The summed E-state index contributed by atoms with van der Waals surface area (Å²) in [5.41, 5.74) is 0.826. The number of hydrogen-bond donors (Lipinski definition) is 1. The smallest absolute Gasteiger partial charge is 0.268 e. The van der Waals surface area contributed by atoms with E-state index < -0.39 is 21.6 Å². The number of aromatic nitrogens is 1. The number of rotatable bonds is 3. The molecule has 35 heavy (non-hydrogen) atoms. The van der Waals surface area contributed by atoms with Crippen LogP contribution in [0, 0.1) is 0 Å². The van der Waals surface area contributed by atoms with Crippen LogP contribution >= 0.6 is 0 Å². The molecule has 6 rings (SSSR count). The molecule has 6 nitrogen and oxygen atoms in total. The van der Waals surface area contributed by atoms with Crippen LogP contribution < -0.4 is 0 Å². The van der Waals surface area contributed by atoms with E-state index in [0.29, 0.717) is 21.9 Å². The Morgan fingerprint density at radius 2 is 1.31 bits per heavy atom. The fraction of sp³-hybridized carbons (Fsp3) is 0. The Morgan fingerprint density at radius 1 is 0.686 bits per heavy atom. The van der Waals surface area contributed by atoms with Crippen molar-refractivity contribution in [1.29, 1.82) is 0 Å². The molecule has 170 valence electrons. The zero-order valence-corrected chi connectivity index (χ0v) is 19.0. The van der Waals surface area contributed by atoms with Crippen molar-refractivity contribution >= 4 is 32.4 Å². The molecule has 1 aliphatic carbocycles. The van der Waals surface area contributed by atoms with Crippen LogP contribution in [0.3, 0.4) is 0 Å². The second-order valence-corrected chi connectivity index (χ2v) is 10.1. The van der Waals surface area contributed by atoms with E-state index in [1.807, 2.05) is 0 Å². The molecule has 7 heteroatoms. The summed E-state index contributed by atoms with van der Waals surface area (Å²) >= 11 is 0. The highest BCUT2D eigenvalue weighted by molar-refractivity contribution is 7.90. The fourth-order valence-electron chi connectivity index (χ4n) is 4.66. The number of hydrogen-bond acceptors (Lipinski definition) is 5. The summed E-state index contributed by atoms with van der Waals surface area (Å²) in [6.07, 6.45) is 1.36. The Balaban J connectivity index is 1.79. The second kappa shape index (κ2) is 7.51. The average Bonchev–Trinajstić information content (AvgIpc) is 3.30. The predicted octanol–water partition coefficient (Wildman–Crippen LogP) is 5.30. The Morgan fingerprint density at radius 3 is 2.03 bits per heavy atom. The molecule has 1 N–H and O–H groups in total. The highest BCUT2D eigenvalue weighted by atomic mass is 32.2. The van der Waals surface area contributed by atoms with Crippen molar-refractivity contribution in [3.05, 3.63) is 108 Å². The minimum atomic E-state index is -4.18. The van der Waals surface area contributed by atoms with Gasteiger partial charge in [0.05, 0.1) is 21.7 Å². The first kappa shape index (κ1) is 21.1. The minimum Gasteiger partial charge on any atom is -0.507 e. The van der Waals surface area contributed by atoms with Gasteiger partial charge in [-0.3, -0.25) is 9.59 Å². The van der Waals surface area contributed by atoms with Gasteiger partial charge in [-0.25, -0.2) is 12.4 Å². The number of nitrogens with zero attached hydrogens (tertiary/aromatic N) is 1. The first-order chi connectivity index (χ1) is 16.9. The van der Waals surface area contributed by atoms with Crippen LogP contribution in [0.1, 0.15) is 20.7 Å². The van der Waals surface area contributed by atoms with E-state index in [2.05, 4.69) is 0 Å². The van der Waals surface area contributed by atoms with E-state index in [1.54, 1.807) is 72.8 Å². The lowest BCUT2D eigenvalue weighted by molar-refractivity contribution is 0.0815. The normalized spacial score (nSPS) is 13.0. The monoisotopic (exact) mass is 479 g/mol. The van der Waals surface area contributed by atoms with Crippen molar-refractivity contribution in [3.63, 3.8) is 0 Å². The van der Waals surface area contributed by atoms with Gasteiger partial charge in [-0.05, 0) is 29.1 Å². The van der Waals surface area contributed by atoms with Crippen LogP contribution in [0.5, 0.6) is 5.75 Å². The molecule has 0 saturated heterocycles. The molecule has 1 aliphatic rings. The van der Waals surface area contributed by atoms with Gasteiger partial charge in [-0.1, -0.05) is 72.8 Å². The Kier molecular flexibility index (Phi) is 4.52. The molecule has 1 heterocycles. The molecule has 0 saturated carbocycles. The lowest BCUT2D eigenvalue weighted by Gasteiger charge is -2.21. The Bertz CT molecular complexity index is 1790. The van der Waals surface area contributed by atoms with Crippen molar-refractivity contribution in [2.45, 2.75) is 4.90 Å². The third-order valence-electron chi connectivity index (χ3n) is 6.29. The van der Waals surface area contributed by atoms with Crippen LogP contribution in [0.4, 0.5) is 0 Å². The molecule has 0 spiro atoms. The van der Waals surface area contributed by atoms with Gasteiger partial charge in [0.1, 0.15) is 5.75 Å². The van der Waals surface area contributed by atoms with E-state index in [9.17, 15) is 23.1 Å². The maximum atomic E-state index is 13.8. The molecule has 0 atom stereocenters. The van der Waals surface area contributed by atoms with Gasteiger partial charge in [0.15, 0.2) is 0 Å². The third-order valence-corrected chi connectivity index (χ3v) is 7.97. The topological polar surface area (TPSA) is 93.4 Å². The molecule has 4 aromatic carbocycles. The molecule has 0 radical (unpaired) electrons. The average molecular weight is 480 g/mol. The van der Waals surface area contributed by atoms with Crippen molar-refractivity contribution in [1.82, 2.24) is 3.97 Å². The number of aromatic hydroxyl groups is 1.